The Balaban J connectivity index is 1.78. The molecular formula is C24H20N6O3S2. The summed E-state index contributed by atoms with van der Waals surface area (Å²) in [5, 5.41) is 13.9. The van der Waals surface area contributed by atoms with Gasteiger partial charge in [0.15, 0.2) is 5.65 Å². The van der Waals surface area contributed by atoms with Crippen molar-refractivity contribution in [2.24, 2.45) is 5.14 Å². The topological polar surface area (TPSA) is 125 Å². The highest BCUT2D eigenvalue weighted by Gasteiger charge is 2.22. The zero-order valence-corrected chi connectivity index (χ0v) is 20.1. The summed E-state index contributed by atoms with van der Waals surface area (Å²) >= 11 is 1.33. The first-order valence-electron chi connectivity index (χ1n) is 10.5. The number of sulfonamides is 1. The number of aromatic nitrogens is 4. The number of hydrogen-bond acceptors (Lipinski definition) is 7. The van der Waals surface area contributed by atoms with Crippen LogP contribution >= 0.6 is 11.8 Å². The van der Waals surface area contributed by atoms with Crippen LogP contribution in [0.25, 0.3) is 22.4 Å². The summed E-state index contributed by atoms with van der Waals surface area (Å²) in [7, 11) is -3.84. The molecule has 9 nitrogen and oxygen atoms in total. The Bertz CT molecular complexity index is 1680. The second kappa shape index (κ2) is 9.02. The molecule has 35 heavy (non-hydrogen) atoms. The highest BCUT2D eigenvalue weighted by molar-refractivity contribution is 7.98. The van der Waals surface area contributed by atoms with Gasteiger partial charge in [0.2, 0.25) is 16.0 Å². The van der Waals surface area contributed by atoms with E-state index >= 15 is 0 Å². The van der Waals surface area contributed by atoms with E-state index in [2.05, 4.69) is 10.4 Å². The lowest BCUT2D eigenvalue weighted by atomic mass is 10.3. The molecule has 0 atom stereocenters. The number of hydrogen-bond donors (Lipinski definition) is 2. The number of rotatable bonds is 6. The van der Waals surface area contributed by atoms with Gasteiger partial charge in [0, 0.05) is 5.69 Å². The minimum absolute atomic E-state index is 0.0198. The first-order chi connectivity index (χ1) is 16.9. The molecule has 0 aliphatic rings. The lowest BCUT2D eigenvalue weighted by molar-refractivity contribution is 0.598. The molecule has 0 bridgehead atoms. The molecule has 176 valence electrons. The Hall–Kier alpha value is -3.93. The maximum atomic E-state index is 13.9. The Morgan fingerprint density at radius 2 is 1.51 bits per heavy atom. The minimum atomic E-state index is -3.84. The average Bonchev–Trinajstić information content (AvgIpc) is 3.24. The standard InChI is InChI=1S/C24H20N6O3S2/c1-34-22-20-21(30(28-22)18-12-14-19(15-13-18)35(25,32)33)27-24(26-16-8-4-2-5-9-16)29(23(20)31)17-10-6-3-7-11-17/h2-15H,1H3,(H,26,27)(H2,25,32,33). The van der Waals surface area contributed by atoms with Gasteiger partial charge in [-0.3, -0.25) is 4.79 Å². The van der Waals surface area contributed by atoms with E-state index in [1.54, 1.807) is 12.1 Å². The van der Waals surface area contributed by atoms with E-state index in [0.29, 0.717) is 33.4 Å². The molecule has 3 N–H and O–H groups in total. The highest BCUT2D eigenvalue weighted by atomic mass is 32.2. The van der Waals surface area contributed by atoms with E-state index in [0.717, 1.165) is 5.69 Å². The van der Waals surface area contributed by atoms with Gasteiger partial charge >= 0.3 is 0 Å². The normalized spacial score (nSPS) is 11.6. The van der Waals surface area contributed by atoms with Gasteiger partial charge in [-0.25, -0.2) is 22.8 Å². The predicted octanol–water partition coefficient (Wildman–Crippen LogP) is 3.68. The van der Waals surface area contributed by atoms with E-state index in [1.165, 1.54) is 33.1 Å². The van der Waals surface area contributed by atoms with Crippen LogP contribution in [0.1, 0.15) is 0 Å². The average molecular weight is 505 g/mol. The van der Waals surface area contributed by atoms with Crippen LogP contribution in [0.3, 0.4) is 0 Å². The van der Waals surface area contributed by atoms with Crippen LogP contribution in [0.5, 0.6) is 0 Å². The maximum Gasteiger partial charge on any atom is 0.271 e. The van der Waals surface area contributed by atoms with Gasteiger partial charge < -0.3 is 5.32 Å². The van der Waals surface area contributed by atoms with Gasteiger partial charge in [0.05, 0.1) is 16.3 Å². The van der Waals surface area contributed by atoms with Crippen molar-refractivity contribution in [3.05, 3.63) is 95.3 Å². The smallest absolute Gasteiger partial charge is 0.271 e. The molecule has 0 spiro atoms. The molecular weight excluding hydrogens is 484 g/mol. The summed E-state index contributed by atoms with van der Waals surface area (Å²) in [6.45, 7) is 0. The number of fused-ring (bicyclic) bond motifs is 1. The van der Waals surface area contributed by atoms with Gasteiger partial charge in [-0.1, -0.05) is 36.4 Å². The molecule has 3 aromatic carbocycles. The Labute approximate surface area is 205 Å². The van der Waals surface area contributed by atoms with Crippen molar-refractivity contribution in [2.45, 2.75) is 9.92 Å². The van der Waals surface area contributed by atoms with Crippen LogP contribution < -0.4 is 16.0 Å². The van der Waals surface area contributed by atoms with Crippen LogP contribution in [-0.2, 0) is 10.0 Å². The summed E-state index contributed by atoms with van der Waals surface area (Å²) in [5.41, 5.74) is 2.02. The largest absolute Gasteiger partial charge is 0.325 e. The fourth-order valence-electron chi connectivity index (χ4n) is 3.69. The van der Waals surface area contributed by atoms with Crippen molar-refractivity contribution in [1.29, 1.82) is 0 Å². The summed E-state index contributed by atoms with van der Waals surface area (Å²) in [5.74, 6) is 0.315. The molecule has 5 rings (SSSR count). The monoisotopic (exact) mass is 504 g/mol. The number of benzene rings is 3. The highest BCUT2D eigenvalue weighted by Crippen LogP contribution is 2.28. The number of primary sulfonamides is 1. The van der Waals surface area contributed by atoms with Crippen LogP contribution in [0.15, 0.2) is 99.6 Å². The van der Waals surface area contributed by atoms with Crippen LogP contribution in [-0.4, -0.2) is 34.0 Å². The number of thioether (sulfide) groups is 1. The van der Waals surface area contributed by atoms with Gasteiger partial charge in [0.1, 0.15) is 10.4 Å². The Morgan fingerprint density at radius 3 is 2.11 bits per heavy atom. The fraction of sp³-hybridized carbons (Fsp3) is 0.0417. The summed E-state index contributed by atoms with van der Waals surface area (Å²) < 4.78 is 26.4. The molecule has 0 unspecified atom stereocenters. The van der Waals surface area contributed by atoms with E-state index in [1.807, 2.05) is 66.9 Å². The molecule has 11 heteroatoms. The minimum Gasteiger partial charge on any atom is -0.325 e. The van der Waals surface area contributed by atoms with Crippen molar-refractivity contribution in [2.75, 3.05) is 11.6 Å². The molecule has 2 heterocycles. The second-order valence-electron chi connectivity index (χ2n) is 7.56. The third-order valence-electron chi connectivity index (χ3n) is 5.32. The molecule has 0 fully saturated rings. The van der Waals surface area contributed by atoms with Crippen molar-refractivity contribution >= 4 is 44.5 Å². The second-order valence-corrected chi connectivity index (χ2v) is 9.92. The third kappa shape index (κ3) is 4.32. The quantitative estimate of drug-likeness (QED) is 0.338. The SMILES string of the molecule is CSc1nn(-c2ccc(S(N)(=O)=O)cc2)c2nc(Nc3ccccc3)n(-c3ccccc3)c(=O)c12. The van der Waals surface area contributed by atoms with Crippen molar-refractivity contribution in [1.82, 2.24) is 19.3 Å². The molecule has 0 radical (unpaired) electrons. The lowest BCUT2D eigenvalue weighted by Crippen LogP contribution is -2.23. The zero-order chi connectivity index (χ0) is 24.6. The Kier molecular flexibility index (Phi) is 5.89. The maximum absolute atomic E-state index is 13.9. The Morgan fingerprint density at radius 1 is 0.886 bits per heavy atom. The van der Waals surface area contributed by atoms with Crippen molar-refractivity contribution in [3.63, 3.8) is 0 Å². The van der Waals surface area contributed by atoms with Gasteiger partial charge in [-0.05, 0) is 54.8 Å². The number of anilines is 2. The summed E-state index contributed by atoms with van der Waals surface area (Å²) in [6.07, 6.45) is 1.83. The fourth-order valence-corrected chi connectivity index (χ4v) is 4.75. The molecule has 0 saturated carbocycles. The first-order valence-corrected chi connectivity index (χ1v) is 13.2. The summed E-state index contributed by atoms with van der Waals surface area (Å²) in [4.78, 5) is 18.7. The number of nitrogens with two attached hydrogens (primary N) is 1. The van der Waals surface area contributed by atoms with E-state index in [4.69, 9.17) is 10.1 Å². The molecule has 2 aromatic heterocycles. The molecule has 0 amide bonds. The van der Waals surface area contributed by atoms with E-state index in [9.17, 15) is 13.2 Å². The van der Waals surface area contributed by atoms with E-state index < -0.39 is 10.0 Å². The first kappa shape index (κ1) is 22.8. The van der Waals surface area contributed by atoms with Crippen LogP contribution in [0, 0.1) is 0 Å². The molecule has 0 aliphatic carbocycles. The third-order valence-corrected chi connectivity index (χ3v) is 6.92. The van der Waals surface area contributed by atoms with Crippen LogP contribution in [0.4, 0.5) is 11.6 Å². The summed E-state index contributed by atoms with van der Waals surface area (Å²) in [6, 6.07) is 24.6. The number of nitrogens with one attached hydrogen (secondary N) is 1. The lowest BCUT2D eigenvalue weighted by Gasteiger charge is -2.14. The van der Waals surface area contributed by atoms with Crippen LogP contribution in [0.2, 0.25) is 0 Å². The van der Waals surface area contributed by atoms with Gasteiger partial charge in [-0.2, -0.15) is 10.1 Å². The van der Waals surface area contributed by atoms with Gasteiger partial charge in [-0.15, -0.1) is 11.8 Å². The molecule has 5 aromatic rings. The molecule has 0 aliphatic heterocycles. The molecule has 0 saturated heterocycles. The van der Waals surface area contributed by atoms with E-state index in [-0.39, 0.29) is 10.5 Å². The van der Waals surface area contributed by atoms with Crippen molar-refractivity contribution in [3.8, 4) is 11.4 Å². The van der Waals surface area contributed by atoms with Gasteiger partial charge in [0.25, 0.3) is 5.56 Å². The van der Waals surface area contributed by atoms with Crippen molar-refractivity contribution < 1.29 is 8.42 Å². The zero-order valence-electron chi connectivity index (χ0n) is 18.5. The number of para-hydroxylation sites is 2. The predicted molar refractivity (Wildman–Crippen MR) is 137 cm³/mol. The number of nitrogens with zero attached hydrogens (tertiary/aromatic N) is 4.